The second-order valence-corrected chi connectivity index (χ2v) is 9.63. The van der Waals surface area contributed by atoms with Gasteiger partial charge in [0.1, 0.15) is 0 Å². The summed E-state index contributed by atoms with van der Waals surface area (Å²) in [6, 6.07) is 17.0. The van der Waals surface area contributed by atoms with Gasteiger partial charge in [-0.15, -0.1) is 0 Å². The van der Waals surface area contributed by atoms with Crippen LogP contribution in [0.4, 0.5) is 18.9 Å². The van der Waals surface area contributed by atoms with Gasteiger partial charge in [0.15, 0.2) is 5.75 Å². The number of aryl methyl sites for hydroxylation is 1. The van der Waals surface area contributed by atoms with E-state index in [-0.39, 0.29) is 0 Å². The van der Waals surface area contributed by atoms with E-state index >= 15 is 0 Å². The van der Waals surface area contributed by atoms with E-state index in [4.69, 9.17) is 9.78 Å². The van der Waals surface area contributed by atoms with Crippen molar-refractivity contribution >= 4 is 11.7 Å². The zero-order valence-corrected chi connectivity index (χ0v) is 21.2. The molecule has 0 aliphatic heterocycles. The topological polar surface area (TPSA) is 47.6 Å². The molecule has 0 heterocycles. The van der Waals surface area contributed by atoms with Crippen LogP contribution in [0.15, 0.2) is 60.7 Å². The summed E-state index contributed by atoms with van der Waals surface area (Å²) in [4.78, 5) is 21.6. The molecule has 4 nitrogen and oxygen atoms in total. The number of carbonyl (C=O) groups is 1. The van der Waals surface area contributed by atoms with Gasteiger partial charge in [-0.05, 0) is 84.2 Å². The third-order valence-electron chi connectivity index (χ3n) is 6.60. The number of carbonyl (C=O) groups excluding carboxylic acids is 1. The van der Waals surface area contributed by atoms with E-state index in [1.54, 1.807) is 18.2 Å². The van der Waals surface area contributed by atoms with Crippen LogP contribution in [0, 0.1) is 12.8 Å². The van der Waals surface area contributed by atoms with Crippen molar-refractivity contribution in [2.75, 3.05) is 5.32 Å². The molecular formula is C30H32F3NO3. The van der Waals surface area contributed by atoms with E-state index in [9.17, 15) is 18.0 Å². The van der Waals surface area contributed by atoms with Gasteiger partial charge in [0.05, 0.1) is 5.56 Å². The summed E-state index contributed by atoms with van der Waals surface area (Å²) >= 11 is 0. The average molecular weight is 512 g/mol. The van der Waals surface area contributed by atoms with Gasteiger partial charge in [-0.3, -0.25) is 9.78 Å². The molecule has 0 bridgehead atoms. The molecule has 0 atom stereocenters. The Morgan fingerprint density at radius 1 is 1.05 bits per heavy atom. The van der Waals surface area contributed by atoms with E-state index in [0.717, 1.165) is 64.4 Å². The van der Waals surface area contributed by atoms with Crippen LogP contribution in [-0.4, -0.2) is 5.97 Å². The van der Waals surface area contributed by atoms with Gasteiger partial charge >= 0.3 is 12.1 Å². The van der Waals surface area contributed by atoms with Crippen LogP contribution in [0.3, 0.4) is 0 Å². The third kappa shape index (κ3) is 7.28. The molecule has 1 N–H and O–H groups in total. The first-order valence-corrected chi connectivity index (χ1v) is 12.7. The highest BCUT2D eigenvalue weighted by atomic mass is 19.4. The van der Waals surface area contributed by atoms with Crippen LogP contribution in [0.1, 0.15) is 61.3 Å². The maximum Gasteiger partial charge on any atom is 0.416 e. The molecule has 3 aromatic rings. The SMILES string of the molecule is CCCC(=O)OOc1ccc(CNc2cccc(-c3ccc(C(F)(F)F)cc3)c2CCC2CC2)cc1C. The predicted molar refractivity (Wildman–Crippen MR) is 138 cm³/mol. The molecule has 4 rings (SSSR count). The van der Waals surface area contributed by atoms with E-state index in [1.165, 1.54) is 12.8 Å². The normalized spacial score (nSPS) is 13.3. The van der Waals surface area contributed by atoms with Crippen LogP contribution < -0.4 is 10.2 Å². The van der Waals surface area contributed by atoms with Gasteiger partial charge in [0.25, 0.3) is 0 Å². The van der Waals surface area contributed by atoms with Crippen LogP contribution in [0.2, 0.25) is 0 Å². The van der Waals surface area contributed by atoms with Gasteiger partial charge in [-0.25, -0.2) is 4.79 Å². The minimum atomic E-state index is -4.35. The van der Waals surface area contributed by atoms with E-state index < -0.39 is 17.7 Å². The second-order valence-electron chi connectivity index (χ2n) is 9.63. The molecule has 0 saturated heterocycles. The Hall–Kier alpha value is -3.48. The molecule has 7 heteroatoms. The molecule has 37 heavy (non-hydrogen) atoms. The lowest BCUT2D eigenvalue weighted by atomic mass is 9.93. The van der Waals surface area contributed by atoms with Crippen molar-refractivity contribution in [3.8, 4) is 16.9 Å². The Balaban J connectivity index is 1.51. The number of halogens is 3. The molecule has 0 aromatic heterocycles. The minimum absolute atomic E-state index is 0.301. The largest absolute Gasteiger partial charge is 0.416 e. The molecule has 1 aliphatic carbocycles. The van der Waals surface area contributed by atoms with Crippen molar-refractivity contribution in [1.82, 2.24) is 0 Å². The molecule has 1 aliphatic rings. The van der Waals surface area contributed by atoms with Gasteiger partial charge in [-0.2, -0.15) is 13.2 Å². The van der Waals surface area contributed by atoms with Gasteiger partial charge in [0, 0.05) is 18.7 Å². The van der Waals surface area contributed by atoms with Crippen molar-refractivity contribution in [2.24, 2.45) is 5.92 Å². The third-order valence-corrected chi connectivity index (χ3v) is 6.60. The fourth-order valence-electron chi connectivity index (χ4n) is 4.34. The lowest BCUT2D eigenvalue weighted by Gasteiger charge is -2.18. The standard InChI is InChI=1S/C30H32F3NO3/c1-3-5-29(35)37-36-28-17-11-22(18-20(28)2)19-34-27-7-4-6-25(26(27)16-10-21-8-9-21)23-12-14-24(15-13-23)30(31,32)33/h4,6-7,11-15,17-18,21,34H,3,5,8-10,16,19H2,1-2H3. The lowest BCUT2D eigenvalue weighted by molar-refractivity contribution is -0.214. The number of hydrogen-bond acceptors (Lipinski definition) is 4. The Morgan fingerprint density at radius 3 is 2.46 bits per heavy atom. The van der Waals surface area contributed by atoms with Gasteiger partial charge < -0.3 is 5.32 Å². The Kier molecular flexibility index (Phi) is 8.41. The van der Waals surface area contributed by atoms with E-state index in [1.807, 2.05) is 44.2 Å². The van der Waals surface area contributed by atoms with Crippen LogP contribution >= 0.6 is 0 Å². The maximum atomic E-state index is 13.1. The fraction of sp³-hybridized carbons (Fsp3) is 0.367. The molecular weight excluding hydrogens is 479 g/mol. The van der Waals surface area contributed by atoms with Crippen molar-refractivity contribution < 1.29 is 27.7 Å². The Labute approximate surface area is 215 Å². The molecule has 3 aromatic carbocycles. The zero-order valence-electron chi connectivity index (χ0n) is 21.2. The molecule has 0 spiro atoms. The zero-order chi connectivity index (χ0) is 26.4. The van der Waals surface area contributed by atoms with Crippen molar-refractivity contribution in [2.45, 2.75) is 65.1 Å². The first-order chi connectivity index (χ1) is 17.7. The van der Waals surface area contributed by atoms with Crippen molar-refractivity contribution in [3.63, 3.8) is 0 Å². The smallest absolute Gasteiger partial charge is 0.381 e. The predicted octanol–water partition coefficient (Wildman–Crippen LogP) is 8.27. The summed E-state index contributed by atoms with van der Waals surface area (Å²) < 4.78 is 39.2. The molecule has 196 valence electrons. The molecule has 0 radical (unpaired) electrons. The second kappa shape index (κ2) is 11.7. The summed E-state index contributed by atoms with van der Waals surface area (Å²) in [5.74, 6) is 0.817. The fourth-order valence-corrected chi connectivity index (χ4v) is 4.34. The number of anilines is 1. The highest BCUT2D eigenvalue weighted by Crippen LogP contribution is 2.38. The summed E-state index contributed by atoms with van der Waals surface area (Å²) in [6.07, 6.45) is 1.05. The van der Waals surface area contributed by atoms with Crippen molar-refractivity contribution in [3.05, 3.63) is 82.9 Å². The van der Waals surface area contributed by atoms with Crippen LogP contribution in [0.25, 0.3) is 11.1 Å². The first kappa shape index (κ1) is 26.6. The quantitative estimate of drug-likeness (QED) is 0.208. The highest BCUT2D eigenvalue weighted by molar-refractivity contribution is 5.74. The van der Waals surface area contributed by atoms with Gasteiger partial charge in [-0.1, -0.05) is 56.2 Å². The summed E-state index contributed by atoms with van der Waals surface area (Å²) in [5.41, 5.74) is 5.05. The molecule has 1 fully saturated rings. The number of rotatable bonds is 11. The maximum absolute atomic E-state index is 13.1. The Bertz CT molecular complexity index is 1220. The van der Waals surface area contributed by atoms with Crippen LogP contribution in [-0.2, 0) is 28.8 Å². The number of benzene rings is 3. The molecule has 0 amide bonds. The molecule has 1 saturated carbocycles. The number of alkyl halides is 3. The molecule has 0 unspecified atom stereocenters. The number of nitrogens with one attached hydrogen (secondary N) is 1. The lowest BCUT2D eigenvalue weighted by Crippen LogP contribution is -2.08. The summed E-state index contributed by atoms with van der Waals surface area (Å²) in [7, 11) is 0. The minimum Gasteiger partial charge on any atom is -0.381 e. The Morgan fingerprint density at radius 2 is 1.81 bits per heavy atom. The van der Waals surface area contributed by atoms with E-state index in [2.05, 4.69) is 5.32 Å². The van der Waals surface area contributed by atoms with Crippen molar-refractivity contribution in [1.29, 1.82) is 0 Å². The first-order valence-electron chi connectivity index (χ1n) is 12.7. The summed E-state index contributed by atoms with van der Waals surface area (Å²) in [5, 5.41) is 3.53. The van der Waals surface area contributed by atoms with Crippen LogP contribution in [0.5, 0.6) is 5.75 Å². The average Bonchev–Trinajstić information content (AvgIpc) is 3.70. The van der Waals surface area contributed by atoms with Gasteiger partial charge in [0.2, 0.25) is 0 Å². The van der Waals surface area contributed by atoms with E-state index in [0.29, 0.717) is 25.1 Å². The highest BCUT2D eigenvalue weighted by Gasteiger charge is 2.30. The number of hydrogen-bond donors (Lipinski definition) is 1. The summed E-state index contributed by atoms with van der Waals surface area (Å²) in [6.45, 7) is 4.34. The monoisotopic (exact) mass is 511 g/mol.